The highest BCUT2D eigenvalue weighted by atomic mass is 16.4. The Hall–Kier alpha value is -2.04. The SMILES string of the molecule is Cc1ccc2c(C(=O)O)cnnc2n1. The van der Waals surface area contributed by atoms with Crippen molar-refractivity contribution in [2.24, 2.45) is 0 Å². The van der Waals surface area contributed by atoms with Crippen LogP contribution in [0.1, 0.15) is 16.1 Å². The van der Waals surface area contributed by atoms with Gasteiger partial charge in [0.2, 0.25) is 0 Å². The Morgan fingerprint density at radius 1 is 1.43 bits per heavy atom. The van der Waals surface area contributed by atoms with E-state index in [1.165, 1.54) is 6.20 Å². The third kappa shape index (κ3) is 1.28. The number of carbonyl (C=O) groups is 1. The van der Waals surface area contributed by atoms with Gasteiger partial charge in [-0.1, -0.05) is 0 Å². The lowest BCUT2D eigenvalue weighted by molar-refractivity contribution is 0.0698. The summed E-state index contributed by atoms with van der Waals surface area (Å²) in [4.78, 5) is 14.9. The summed E-state index contributed by atoms with van der Waals surface area (Å²) in [6.07, 6.45) is 1.22. The molecule has 0 saturated carbocycles. The standard InChI is InChI=1S/C9H7N3O2/c1-5-2-3-6-7(9(13)14)4-10-12-8(6)11-5/h2-4H,1H3,(H,13,14). The fraction of sp³-hybridized carbons (Fsp3) is 0.111. The van der Waals surface area contributed by atoms with Gasteiger partial charge < -0.3 is 5.11 Å². The molecule has 5 nitrogen and oxygen atoms in total. The minimum absolute atomic E-state index is 0.127. The first-order chi connectivity index (χ1) is 6.68. The number of hydrogen-bond acceptors (Lipinski definition) is 4. The zero-order valence-electron chi connectivity index (χ0n) is 7.43. The number of pyridine rings is 1. The number of carboxylic acid groups (broad SMARTS) is 1. The number of fused-ring (bicyclic) bond motifs is 1. The minimum Gasteiger partial charge on any atom is -0.478 e. The van der Waals surface area contributed by atoms with Crippen LogP contribution in [0.25, 0.3) is 11.0 Å². The maximum atomic E-state index is 10.8. The lowest BCUT2D eigenvalue weighted by Crippen LogP contribution is -2.01. The molecule has 1 N–H and O–H groups in total. The molecular weight excluding hydrogens is 182 g/mol. The number of aromatic carboxylic acids is 1. The van der Waals surface area contributed by atoms with Gasteiger partial charge in [0.25, 0.3) is 0 Å². The topological polar surface area (TPSA) is 76.0 Å². The Morgan fingerprint density at radius 2 is 2.21 bits per heavy atom. The number of aryl methyl sites for hydroxylation is 1. The fourth-order valence-corrected chi connectivity index (χ4v) is 1.21. The van der Waals surface area contributed by atoms with Gasteiger partial charge in [-0.3, -0.25) is 0 Å². The Bertz CT molecular complexity index is 510. The second kappa shape index (κ2) is 3.02. The van der Waals surface area contributed by atoms with E-state index in [0.29, 0.717) is 11.0 Å². The van der Waals surface area contributed by atoms with Crippen LogP contribution < -0.4 is 0 Å². The Balaban J connectivity index is 2.81. The van der Waals surface area contributed by atoms with Crippen LogP contribution in [0, 0.1) is 6.92 Å². The second-order valence-corrected chi connectivity index (χ2v) is 2.89. The molecule has 2 rings (SSSR count). The zero-order chi connectivity index (χ0) is 10.1. The molecule has 0 aliphatic rings. The van der Waals surface area contributed by atoms with Crippen molar-refractivity contribution in [2.75, 3.05) is 0 Å². The lowest BCUT2D eigenvalue weighted by Gasteiger charge is -1.99. The molecule has 0 unspecified atom stereocenters. The fourth-order valence-electron chi connectivity index (χ4n) is 1.21. The van der Waals surface area contributed by atoms with Crippen LogP contribution in [0.4, 0.5) is 0 Å². The van der Waals surface area contributed by atoms with Gasteiger partial charge in [-0.2, -0.15) is 5.10 Å². The van der Waals surface area contributed by atoms with Crippen molar-refractivity contribution in [3.8, 4) is 0 Å². The third-order valence-electron chi connectivity index (χ3n) is 1.87. The number of aromatic nitrogens is 3. The van der Waals surface area contributed by atoms with E-state index >= 15 is 0 Å². The second-order valence-electron chi connectivity index (χ2n) is 2.89. The summed E-state index contributed by atoms with van der Waals surface area (Å²) in [7, 11) is 0. The molecule has 2 aromatic rings. The van der Waals surface area contributed by atoms with Crippen molar-refractivity contribution in [1.82, 2.24) is 15.2 Å². The van der Waals surface area contributed by atoms with E-state index in [1.54, 1.807) is 12.1 Å². The Kier molecular flexibility index (Phi) is 1.85. The van der Waals surface area contributed by atoms with E-state index < -0.39 is 5.97 Å². The van der Waals surface area contributed by atoms with Gasteiger partial charge in [0.15, 0.2) is 5.65 Å². The highest BCUT2D eigenvalue weighted by Gasteiger charge is 2.09. The number of carboxylic acids is 1. The van der Waals surface area contributed by atoms with Gasteiger partial charge in [-0.05, 0) is 19.1 Å². The molecular formula is C9H7N3O2. The van der Waals surface area contributed by atoms with Gasteiger partial charge >= 0.3 is 5.97 Å². The summed E-state index contributed by atoms with van der Waals surface area (Å²) in [6, 6.07) is 3.44. The van der Waals surface area contributed by atoms with Gasteiger partial charge in [0.1, 0.15) is 0 Å². The van der Waals surface area contributed by atoms with Crippen LogP contribution in [0.5, 0.6) is 0 Å². The highest BCUT2D eigenvalue weighted by molar-refractivity contribution is 6.00. The van der Waals surface area contributed by atoms with Crippen molar-refractivity contribution in [3.63, 3.8) is 0 Å². The largest absolute Gasteiger partial charge is 0.478 e. The average molecular weight is 189 g/mol. The van der Waals surface area contributed by atoms with Crippen LogP contribution in [-0.4, -0.2) is 26.3 Å². The molecule has 0 atom stereocenters. The predicted molar refractivity (Wildman–Crippen MR) is 49.0 cm³/mol. The van der Waals surface area contributed by atoms with Crippen LogP contribution in [-0.2, 0) is 0 Å². The van der Waals surface area contributed by atoms with Crippen molar-refractivity contribution in [2.45, 2.75) is 6.92 Å². The summed E-state index contributed by atoms with van der Waals surface area (Å²) in [5.41, 5.74) is 1.28. The molecule has 14 heavy (non-hydrogen) atoms. The summed E-state index contributed by atoms with van der Waals surface area (Å²) >= 11 is 0. The molecule has 5 heteroatoms. The van der Waals surface area contributed by atoms with Crippen LogP contribution in [0.2, 0.25) is 0 Å². The molecule has 70 valence electrons. The molecule has 0 aliphatic carbocycles. The molecule has 0 radical (unpaired) electrons. The average Bonchev–Trinajstić information content (AvgIpc) is 2.16. The van der Waals surface area contributed by atoms with E-state index in [-0.39, 0.29) is 5.56 Å². The van der Waals surface area contributed by atoms with Crippen LogP contribution in [0.3, 0.4) is 0 Å². The number of hydrogen-bond donors (Lipinski definition) is 1. The summed E-state index contributed by atoms with van der Waals surface area (Å²) in [5.74, 6) is -1.02. The van der Waals surface area contributed by atoms with Gasteiger partial charge in [0.05, 0.1) is 11.8 Å². The van der Waals surface area contributed by atoms with Crippen molar-refractivity contribution in [1.29, 1.82) is 0 Å². The molecule has 0 aliphatic heterocycles. The highest BCUT2D eigenvalue weighted by Crippen LogP contribution is 2.13. The Morgan fingerprint density at radius 3 is 2.93 bits per heavy atom. The number of nitrogens with zero attached hydrogens (tertiary/aromatic N) is 3. The first kappa shape index (κ1) is 8.55. The summed E-state index contributed by atoms with van der Waals surface area (Å²) < 4.78 is 0. The van der Waals surface area contributed by atoms with Gasteiger partial charge in [-0.15, -0.1) is 5.10 Å². The van der Waals surface area contributed by atoms with Crippen LogP contribution >= 0.6 is 0 Å². The van der Waals surface area contributed by atoms with E-state index in [0.717, 1.165) is 5.69 Å². The Labute approximate surface area is 79.4 Å². The van der Waals surface area contributed by atoms with Crippen molar-refractivity contribution < 1.29 is 9.90 Å². The maximum Gasteiger partial charge on any atom is 0.338 e. The molecule has 2 aromatic heterocycles. The molecule has 0 fully saturated rings. The molecule has 0 saturated heterocycles. The first-order valence-electron chi connectivity index (χ1n) is 4.01. The molecule has 0 spiro atoms. The maximum absolute atomic E-state index is 10.8. The molecule has 0 aromatic carbocycles. The smallest absolute Gasteiger partial charge is 0.338 e. The van der Waals surface area contributed by atoms with Gasteiger partial charge in [-0.25, -0.2) is 9.78 Å². The van der Waals surface area contributed by atoms with Crippen molar-refractivity contribution >= 4 is 17.0 Å². The monoisotopic (exact) mass is 189 g/mol. The minimum atomic E-state index is -1.02. The zero-order valence-corrected chi connectivity index (χ0v) is 7.43. The quantitative estimate of drug-likeness (QED) is 0.725. The summed E-state index contributed by atoms with van der Waals surface area (Å²) in [5, 5.41) is 16.7. The van der Waals surface area contributed by atoms with Gasteiger partial charge in [0, 0.05) is 11.1 Å². The van der Waals surface area contributed by atoms with Crippen LogP contribution in [0.15, 0.2) is 18.3 Å². The van der Waals surface area contributed by atoms with E-state index in [2.05, 4.69) is 15.2 Å². The predicted octanol–water partition coefficient (Wildman–Crippen LogP) is 1.03. The van der Waals surface area contributed by atoms with E-state index in [1.807, 2.05) is 6.92 Å². The van der Waals surface area contributed by atoms with Crippen molar-refractivity contribution in [3.05, 3.63) is 29.6 Å². The van der Waals surface area contributed by atoms with E-state index in [4.69, 9.17) is 5.11 Å². The van der Waals surface area contributed by atoms with E-state index in [9.17, 15) is 4.79 Å². The summed E-state index contributed by atoms with van der Waals surface area (Å²) in [6.45, 7) is 1.81. The number of rotatable bonds is 1. The molecule has 2 heterocycles. The molecule has 0 amide bonds. The lowest BCUT2D eigenvalue weighted by atomic mass is 10.2. The normalized spacial score (nSPS) is 10.4. The molecule has 0 bridgehead atoms. The third-order valence-corrected chi connectivity index (χ3v) is 1.87. The first-order valence-corrected chi connectivity index (χ1v) is 4.01.